The molecule has 0 atom stereocenters. The maximum Gasteiger partial charge on any atom is 0.175 e. The van der Waals surface area contributed by atoms with Crippen LogP contribution in [0.4, 0.5) is 8.78 Å². The molecule has 44 heavy (non-hydrogen) atoms. The van der Waals surface area contributed by atoms with Crippen molar-refractivity contribution in [1.29, 1.82) is 0 Å². The van der Waals surface area contributed by atoms with Crippen molar-refractivity contribution >= 4 is 20.7 Å². The van der Waals surface area contributed by atoms with Gasteiger partial charge in [0.2, 0.25) is 0 Å². The third kappa shape index (κ3) is 6.40. The zero-order chi connectivity index (χ0) is 30.9. The van der Waals surface area contributed by atoms with Crippen LogP contribution in [0.5, 0.6) is 5.75 Å². The van der Waals surface area contributed by atoms with Gasteiger partial charge < -0.3 is 18.8 Å². The molecule has 1 fully saturated rings. The number of halogens is 2. The monoisotopic (exact) mass is 624 g/mol. The molecule has 1 saturated heterocycles. The Labute approximate surface area is 257 Å². The van der Waals surface area contributed by atoms with E-state index in [1.807, 2.05) is 24.3 Å². The zero-order valence-corrected chi connectivity index (χ0v) is 26.0. The fourth-order valence-corrected chi connectivity index (χ4v) is 7.20. The van der Waals surface area contributed by atoms with Crippen LogP contribution < -0.4 is 4.74 Å². The van der Waals surface area contributed by atoms with Crippen molar-refractivity contribution in [3.8, 4) is 5.75 Å². The number of sulfone groups is 1. The number of fused-ring (bicyclic) bond motifs is 3. The van der Waals surface area contributed by atoms with E-state index < -0.39 is 15.4 Å². The van der Waals surface area contributed by atoms with Crippen LogP contribution in [0.1, 0.15) is 41.6 Å². The largest absolute Gasteiger partial charge is 0.493 e. The molecule has 234 valence electrons. The van der Waals surface area contributed by atoms with Crippen molar-refractivity contribution in [2.24, 2.45) is 0 Å². The van der Waals surface area contributed by atoms with E-state index >= 15 is 0 Å². The summed E-state index contributed by atoms with van der Waals surface area (Å²) in [5, 5.41) is 0.904. The predicted octanol–water partition coefficient (Wildman–Crippen LogP) is 5.85. The van der Waals surface area contributed by atoms with E-state index in [1.165, 1.54) is 30.1 Å². The van der Waals surface area contributed by atoms with Crippen LogP contribution in [0, 0.1) is 11.6 Å². The Bertz CT molecular complexity index is 1750. The molecule has 7 nitrogen and oxygen atoms in total. The van der Waals surface area contributed by atoms with Gasteiger partial charge in [-0.25, -0.2) is 17.2 Å². The van der Waals surface area contributed by atoms with E-state index in [0.717, 1.165) is 53.5 Å². The predicted molar refractivity (Wildman–Crippen MR) is 165 cm³/mol. The van der Waals surface area contributed by atoms with Gasteiger partial charge in [0.1, 0.15) is 17.4 Å². The summed E-state index contributed by atoms with van der Waals surface area (Å²) in [7, 11) is -1.61. The lowest BCUT2D eigenvalue weighted by Gasteiger charge is -2.36. The molecule has 6 rings (SSSR count). The van der Waals surface area contributed by atoms with E-state index in [2.05, 4.69) is 9.47 Å². The van der Waals surface area contributed by atoms with E-state index in [-0.39, 0.29) is 11.6 Å². The molecule has 0 bridgehead atoms. The summed E-state index contributed by atoms with van der Waals surface area (Å²) in [6, 6.07) is 16.7. The van der Waals surface area contributed by atoms with Crippen LogP contribution in [-0.4, -0.2) is 64.2 Å². The van der Waals surface area contributed by atoms with E-state index in [4.69, 9.17) is 14.2 Å². The van der Waals surface area contributed by atoms with Gasteiger partial charge >= 0.3 is 0 Å². The third-order valence-corrected chi connectivity index (χ3v) is 10.1. The number of aromatic nitrogens is 1. The molecule has 0 radical (unpaired) electrons. The number of rotatable bonds is 10. The molecule has 0 N–H and O–H groups in total. The Hall–Kier alpha value is -3.31. The number of benzene rings is 3. The van der Waals surface area contributed by atoms with Gasteiger partial charge in [-0.05, 0) is 65.6 Å². The molecule has 1 aromatic heterocycles. The van der Waals surface area contributed by atoms with Gasteiger partial charge in [-0.1, -0.05) is 12.1 Å². The normalized spacial score (nSPS) is 17.1. The number of methoxy groups -OCH3 is 1. The van der Waals surface area contributed by atoms with Crippen LogP contribution in [0.2, 0.25) is 0 Å². The van der Waals surface area contributed by atoms with Gasteiger partial charge in [-0.15, -0.1) is 0 Å². The molecule has 4 aromatic rings. The van der Waals surface area contributed by atoms with Crippen molar-refractivity contribution in [2.45, 2.75) is 49.3 Å². The number of hydrogen-bond donors (Lipinski definition) is 0. The minimum Gasteiger partial charge on any atom is -0.493 e. The highest BCUT2D eigenvalue weighted by atomic mass is 32.2. The second-order valence-electron chi connectivity index (χ2n) is 11.8. The summed E-state index contributed by atoms with van der Waals surface area (Å²) in [6.07, 6.45) is 4.10. The number of nitrogens with zero attached hydrogens (tertiary/aromatic N) is 2. The fourth-order valence-electron chi connectivity index (χ4n) is 6.57. The smallest absolute Gasteiger partial charge is 0.175 e. The Kier molecular flexibility index (Phi) is 8.79. The molecule has 0 aliphatic carbocycles. The molecule has 0 spiro atoms. The van der Waals surface area contributed by atoms with E-state index in [9.17, 15) is 17.2 Å². The average molecular weight is 625 g/mol. The minimum atomic E-state index is -3.27. The average Bonchev–Trinajstić information content (AvgIpc) is 3.30. The first-order chi connectivity index (χ1) is 21.1. The molecule has 3 heterocycles. The molecule has 2 aliphatic heterocycles. The summed E-state index contributed by atoms with van der Waals surface area (Å²) in [5.41, 5.74) is 4.45. The lowest BCUT2D eigenvalue weighted by atomic mass is 9.86. The highest BCUT2D eigenvalue weighted by Gasteiger charge is 2.35. The van der Waals surface area contributed by atoms with Crippen molar-refractivity contribution in [2.75, 3.05) is 46.3 Å². The molecule has 2 aliphatic rings. The van der Waals surface area contributed by atoms with Crippen LogP contribution in [0.25, 0.3) is 10.9 Å². The molecule has 0 saturated carbocycles. The summed E-state index contributed by atoms with van der Waals surface area (Å²) in [6.45, 7) is 4.48. The van der Waals surface area contributed by atoms with Crippen LogP contribution >= 0.6 is 0 Å². The second kappa shape index (κ2) is 12.6. The van der Waals surface area contributed by atoms with Crippen molar-refractivity contribution in [1.82, 2.24) is 9.47 Å². The zero-order valence-electron chi connectivity index (χ0n) is 25.2. The van der Waals surface area contributed by atoms with Crippen LogP contribution in [0.3, 0.4) is 0 Å². The standard InChI is InChI=1S/C34H38F2N2O5S/c1-41-34(11-16-42-17-12-34)25-18-27(36)20-28(19-25)43-15-3-13-37-14-10-33-31(23-37)30-21-26(35)6-9-32(30)38(33)22-24-4-7-29(8-5-24)44(2,39)40/h4-9,18-21H,3,10-17,22-23H2,1-2H3. The van der Waals surface area contributed by atoms with Crippen molar-refractivity contribution in [3.63, 3.8) is 0 Å². The van der Waals surface area contributed by atoms with Gasteiger partial charge in [0.25, 0.3) is 0 Å². The van der Waals surface area contributed by atoms with Crippen LogP contribution in [-0.2, 0) is 44.4 Å². The molecular weight excluding hydrogens is 586 g/mol. The third-order valence-electron chi connectivity index (χ3n) is 8.96. The van der Waals surface area contributed by atoms with E-state index in [0.29, 0.717) is 56.4 Å². The van der Waals surface area contributed by atoms with Crippen molar-refractivity contribution in [3.05, 3.63) is 94.7 Å². The summed E-state index contributed by atoms with van der Waals surface area (Å²) < 4.78 is 72.3. The Balaban J connectivity index is 1.12. The summed E-state index contributed by atoms with van der Waals surface area (Å²) >= 11 is 0. The SMILES string of the molecule is COC1(c2cc(F)cc(OCCCN3CCc4c(c5cc(F)ccc5n4Cc4ccc(S(C)(=O)=O)cc4)C3)c2)CCOCC1. The molecule has 0 amide bonds. The van der Waals surface area contributed by atoms with E-state index in [1.54, 1.807) is 25.3 Å². The second-order valence-corrected chi connectivity index (χ2v) is 13.8. The Morgan fingerprint density at radius 2 is 1.75 bits per heavy atom. The first kappa shape index (κ1) is 30.7. The lowest BCUT2D eigenvalue weighted by molar-refractivity contribution is -0.0950. The summed E-state index contributed by atoms with van der Waals surface area (Å²) in [5.74, 6) is -0.128. The quantitative estimate of drug-likeness (QED) is 0.206. The lowest BCUT2D eigenvalue weighted by Crippen LogP contribution is -2.35. The maximum absolute atomic E-state index is 14.6. The van der Waals surface area contributed by atoms with Gasteiger partial charge in [0.05, 0.1) is 17.1 Å². The summed E-state index contributed by atoms with van der Waals surface area (Å²) in [4.78, 5) is 2.64. The molecule has 0 unspecified atom stereocenters. The van der Waals surface area contributed by atoms with Gasteiger partial charge in [-0.3, -0.25) is 4.90 Å². The van der Waals surface area contributed by atoms with Gasteiger partial charge in [0, 0.05) is 94.7 Å². The first-order valence-corrected chi connectivity index (χ1v) is 16.9. The van der Waals surface area contributed by atoms with Crippen LogP contribution in [0.15, 0.2) is 65.6 Å². The Morgan fingerprint density at radius 3 is 2.48 bits per heavy atom. The first-order valence-electron chi connectivity index (χ1n) is 15.0. The fraction of sp³-hybridized carbons (Fsp3) is 0.412. The maximum atomic E-state index is 14.6. The topological polar surface area (TPSA) is 70.0 Å². The van der Waals surface area contributed by atoms with Gasteiger partial charge in [0.15, 0.2) is 9.84 Å². The highest BCUT2D eigenvalue weighted by Crippen LogP contribution is 2.38. The number of ether oxygens (including phenoxy) is 3. The number of hydrogen-bond acceptors (Lipinski definition) is 6. The molecular formula is C34H38F2N2O5S. The van der Waals surface area contributed by atoms with Gasteiger partial charge in [-0.2, -0.15) is 0 Å². The van der Waals surface area contributed by atoms with Crippen molar-refractivity contribution < 1.29 is 31.4 Å². The molecule has 3 aromatic carbocycles. The molecule has 10 heteroatoms. The Morgan fingerprint density at radius 1 is 0.977 bits per heavy atom. The minimum absolute atomic E-state index is 0.272. The highest BCUT2D eigenvalue weighted by molar-refractivity contribution is 7.90.